The van der Waals surface area contributed by atoms with Gasteiger partial charge in [0.15, 0.2) is 17.2 Å². The van der Waals surface area contributed by atoms with Gasteiger partial charge in [0.2, 0.25) is 0 Å². The van der Waals surface area contributed by atoms with E-state index in [1.165, 1.54) is 18.5 Å². The van der Waals surface area contributed by atoms with Crippen LogP contribution in [0.25, 0.3) is 22.2 Å². The molecule has 3 aromatic rings. The summed E-state index contributed by atoms with van der Waals surface area (Å²) in [6.07, 6.45) is -2.44. The van der Waals surface area contributed by atoms with Crippen LogP contribution in [0.1, 0.15) is 25.0 Å². The Labute approximate surface area is 174 Å². The Morgan fingerprint density at radius 3 is 2.77 bits per heavy atom. The minimum Gasteiger partial charge on any atom is -0.481 e. The van der Waals surface area contributed by atoms with Crippen LogP contribution in [0.15, 0.2) is 35.1 Å². The van der Waals surface area contributed by atoms with Crippen molar-refractivity contribution >= 4 is 22.8 Å². The van der Waals surface area contributed by atoms with Gasteiger partial charge in [-0.15, -0.1) is 0 Å². The highest BCUT2D eigenvalue weighted by atomic mass is 19.4. The van der Waals surface area contributed by atoms with E-state index in [2.05, 4.69) is 9.97 Å². The minimum absolute atomic E-state index is 0.0467. The number of aliphatic carboxylic acids is 1. The number of benzene rings is 1. The molecule has 31 heavy (non-hydrogen) atoms. The molecule has 10 heteroatoms. The monoisotopic (exact) mass is 437 g/mol. The van der Waals surface area contributed by atoms with Crippen molar-refractivity contribution in [3.63, 3.8) is 0 Å². The average Bonchev–Trinajstić information content (AvgIpc) is 3.13. The van der Waals surface area contributed by atoms with E-state index in [1.807, 2.05) is 4.90 Å². The van der Waals surface area contributed by atoms with Gasteiger partial charge in [0.25, 0.3) is 0 Å². The van der Waals surface area contributed by atoms with Gasteiger partial charge in [-0.1, -0.05) is 0 Å². The van der Waals surface area contributed by atoms with Gasteiger partial charge in [-0.3, -0.25) is 9.78 Å². The lowest BCUT2D eigenvalue weighted by atomic mass is 9.94. The van der Waals surface area contributed by atoms with Gasteiger partial charge in [-0.05, 0) is 37.0 Å². The van der Waals surface area contributed by atoms with E-state index < -0.39 is 24.4 Å². The average molecular weight is 437 g/mol. The summed E-state index contributed by atoms with van der Waals surface area (Å²) in [5.41, 5.74) is 1.09. The Balaban J connectivity index is 1.64. The third-order valence-electron chi connectivity index (χ3n) is 5.27. The molecule has 1 aliphatic rings. The van der Waals surface area contributed by atoms with Gasteiger partial charge in [0, 0.05) is 43.1 Å². The Bertz CT molecular complexity index is 1110. The van der Waals surface area contributed by atoms with Crippen molar-refractivity contribution < 1.29 is 31.9 Å². The number of carboxylic acid groups (broad SMARTS) is 1. The molecule has 1 fully saturated rings. The molecule has 1 saturated heterocycles. The topological polar surface area (TPSA) is 79.5 Å². The van der Waals surface area contributed by atoms with Gasteiger partial charge >= 0.3 is 12.1 Å². The van der Waals surface area contributed by atoms with E-state index >= 15 is 0 Å². The molecule has 3 heterocycles. The fourth-order valence-corrected chi connectivity index (χ4v) is 3.66. The molecule has 164 valence electrons. The second kappa shape index (κ2) is 8.16. The summed E-state index contributed by atoms with van der Waals surface area (Å²) in [5.74, 6) is -0.947. The molecule has 1 N–H and O–H groups in total. The summed E-state index contributed by atoms with van der Waals surface area (Å²) in [5, 5.41) is 9.38. The number of fused-ring (bicyclic) bond motifs is 1. The first kappa shape index (κ1) is 21.1. The van der Waals surface area contributed by atoms with Crippen LogP contribution in [0.5, 0.6) is 0 Å². The van der Waals surface area contributed by atoms with E-state index in [9.17, 15) is 22.4 Å². The van der Waals surface area contributed by atoms with Gasteiger partial charge in [0.1, 0.15) is 5.69 Å². The number of aromatic nitrogens is 2. The molecular formula is C21H19F4N3O3. The highest BCUT2D eigenvalue weighted by Gasteiger charge is 2.32. The number of hydrogen-bond acceptors (Lipinski definition) is 5. The van der Waals surface area contributed by atoms with Crippen molar-refractivity contribution in [1.29, 1.82) is 0 Å². The summed E-state index contributed by atoms with van der Waals surface area (Å²) in [6, 6.07) is 4.56. The molecule has 2 aromatic heterocycles. The maximum absolute atomic E-state index is 14.4. The Kier molecular flexibility index (Phi) is 5.55. The Hall–Kier alpha value is -3.17. The number of hydrogen-bond donors (Lipinski definition) is 1. The van der Waals surface area contributed by atoms with Crippen LogP contribution < -0.4 is 4.90 Å². The molecule has 1 aromatic carbocycles. The van der Waals surface area contributed by atoms with E-state index in [0.717, 1.165) is 0 Å². The van der Waals surface area contributed by atoms with Crippen LogP contribution in [0.3, 0.4) is 0 Å². The lowest BCUT2D eigenvalue weighted by Crippen LogP contribution is -2.47. The van der Waals surface area contributed by atoms with Gasteiger partial charge in [-0.2, -0.15) is 13.2 Å². The molecule has 0 spiro atoms. The van der Waals surface area contributed by atoms with Crippen molar-refractivity contribution in [2.75, 3.05) is 18.0 Å². The normalized spacial score (nSPS) is 14.8. The summed E-state index contributed by atoms with van der Waals surface area (Å²) in [7, 11) is 0. The second-order valence-electron chi connectivity index (χ2n) is 7.65. The predicted molar refractivity (Wildman–Crippen MR) is 104 cm³/mol. The number of carbonyl (C=O) groups is 1. The standard InChI is InChI=1S/C21H19F4N3O3/c22-16-8-14(7-13-4-6-31-19(13)16)18-20(28-10-12(11-28)1-2-17(29)30)27-15(9-26-18)3-5-21(23,24)25/h4,6-9,12H,1-3,5,10-11H2,(H,29,30). The third kappa shape index (κ3) is 4.78. The highest BCUT2D eigenvalue weighted by molar-refractivity contribution is 5.85. The maximum Gasteiger partial charge on any atom is 0.389 e. The number of alkyl halides is 3. The number of nitrogens with zero attached hydrogens (tertiary/aromatic N) is 3. The van der Waals surface area contributed by atoms with E-state index in [4.69, 9.17) is 9.52 Å². The van der Waals surface area contributed by atoms with Crippen LogP contribution in [-0.4, -0.2) is 40.3 Å². The molecule has 0 unspecified atom stereocenters. The van der Waals surface area contributed by atoms with Gasteiger partial charge in [-0.25, -0.2) is 9.37 Å². The Morgan fingerprint density at radius 2 is 2.06 bits per heavy atom. The third-order valence-corrected chi connectivity index (χ3v) is 5.27. The van der Waals surface area contributed by atoms with Crippen molar-refractivity contribution in [2.24, 2.45) is 5.92 Å². The van der Waals surface area contributed by atoms with E-state index in [0.29, 0.717) is 42.0 Å². The van der Waals surface area contributed by atoms with Gasteiger partial charge in [0.05, 0.1) is 12.0 Å². The fourth-order valence-electron chi connectivity index (χ4n) is 3.66. The first-order chi connectivity index (χ1) is 14.7. The minimum atomic E-state index is -4.31. The molecule has 0 aliphatic carbocycles. The second-order valence-corrected chi connectivity index (χ2v) is 7.65. The van der Waals surface area contributed by atoms with Crippen molar-refractivity contribution in [3.05, 3.63) is 42.2 Å². The SMILES string of the molecule is O=C(O)CCC1CN(c2nc(CCC(F)(F)F)cnc2-c2cc(F)c3occc3c2)C1. The maximum atomic E-state index is 14.4. The zero-order valence-electron chi connectivity index (χ0n) is 16.3. The van der Waals surface area contributed by atoms with Crippen LogP contribution in [-0.2, 0) is 11.2 Å². The molecule has 0 bridgehead atoms. The van der Waals surface area contributed by atoms with Crippen LogP contribution in [0.2, 0.25) is 0 Å². The predicted octanol–water partition coefficient (Wildman–Crippen LogP) is 4.82. The number of anilines is 1. The molecule has 0 saturated carbocycles. The smallest absolute Gasteiger partial charge is 0.389 e. The van der Waals surface area contributed by atoms with Crippen LogP contribution >= 0.6 is 0 Å². The molecule has 4 rings (SSSR count). The molecule has 0 radical (unpaired) electrons. The zero-order chi connectivity index (χ0) is 22.2. The van der Waals surface area contributed by atoms with E-state index in [1.54, 1.807) is 12.1 Å². The van der Waals surface area contributed by atoms with Crippen molar-refractivity contribution in [3.8, 4) is 11.3 Å². The molecule has 0 atom stereocenters. The molecule has 0 amide bonds. The zero-order valence-corrected chi connectivity index (χ0v) is 16.3. The lowest BCUT2D eigenvalue weighted by molar-refractivity contribution is -0.137. The van der Waals surface area contributed by atoms with Crippen LogP contribution in [0.4, 0.5) is 23.4 Å². The number of aryl methyl sites for hydroxylation is 1. The summed E-state index contributed by atoms with van der Waals surface area (Å²) >= 11 is 0. The van der Waals surface area contributed by atoms with Crippen molar-refractivity contribution in [1.82, 2.24) is 9.97 Å². The summed E-state index contributed by atoms with van der Waals surface area (Å²) in [6.45, 7) is 1.02. The summed E-state index contributed by atoms with van der Waals surface area (Å²) < 4.78 is 57.4. The Morgan fingerprint density at radius 1 is 1.29 bits per heavy atom. The molecule has 6 nitrogen and oxygen atoms in total. The first-order valence-electron chi connectivity index (χ1n) is 9.76. The van der Waals surface area contributed by atoms with Crippen LogP contribution in [0, 0.1) is 11.7 Å². The largest absolute Gasteiger partial charge is 0.481 e. The highest BCUT2D eigenvalue weighted by Crippen LogP contribution is 2.36. The quantitative estimate of drug-likeness (QED) is 0.534. The van der Waals surface area contributed by atoms with E-state index in [-0.39, 0.29) is 30.0 Å². The fraction of sp³-hybridized carbons (Fsp3) is 0.381. The number of furan rings is 1. The number of halogens is 4. The number of carboxylic acids is 1. The molecule has 1 aliphatic heterocycles. The summed E-state index contributed by atoms with van der Waals surface area (Å²) in [4.78, 5) is 21.3. The molecular weight excluding hydrogens is 418 g/mol. The van der Waals surface area contributed by atoms with Gasteiger partial charge < -0.3 is 14.4 Å². The first-order valence-corrected chi connectivity index (χ1v) is 9.76. The van der Waals surface area contributed by atoms with Crippen molar-refractivity contribution in [2.45, 2.75) is 31.9 Å². The number of rotatable bonds is 7. The lowest BCUT2D eigenvalue weighted by Gasteiger charge is -2.41.